The summed E-state index contributed by atoms with van der Waals surface area (Å²) in [6.07, 6.45) is 2.90. The van der Waals surface area contributed by atoms with Gasteiger partial charge in [0, 0.05) is 13.6 Å². The molecule has 0 aliphatic carbocycles. The summed E-state index contributed by atoms with van der Waals surface area (Å²) in [6.45, 7) is 3.46. The van der Waals surface area contributed by atoms with E-state index in [0.29, 0.717) is 13.0 Å². The summed E-state index contributed by atoms with van der Waals surface area (Å²) in [4.78, 5) is 13.7. The zero-order chi connectivity index (χ0) is 12.8. The number of aliphatic hydroxyl groups excluding tert-OH is 1. The molecule has 2 unspecified atom stereocenters. The molecule has 5 heteroatoms. The second-order valence-corrected chi connectivity index (χ2v) is 4.83. The fourth-order valence-electron chi connectivity index (χ4n) is 2.33. The van der Waals surface area contributed by atoms with Gasteiger partial charge < -0.3 is 21.1 Å². The molecular weight excluding hydrogens is 218 g/mol. The van der Waals surface area contributed by atoms with E-state index < -0.39 is 12.1 Å². The maximum absolute atomic E-state index is 12.1. The van der Waals surface area contributed by atoms with Crippen LogP contribution in [0, 0.1) is 0 Å². The van der Waals surface area contributed by atoms with Gasteiger partial charge in [0.15, 0.2) is 0 Å². The molecule has 5 nitrogen and oxygen atoms in total. The number of aliphatic hydroxyl groups is 1. The SMILES string of the molecule is CCC[C@H](N)C(=O)N(C)C1CCCNCC1O. The summed E-state index contributed by atoms with van der Waals surface area (Å²) in [6, 6.07) is -0.547. The summed E-state index contributed by atoms with van der Waals surface area (Å²) < 4.78 is 0. The average Bonchev–Trinajstić information content (AvgIpc) is 2.52. The third kappa shape index (κ3) is 3.94. The van der Waals surface area contributed by atoms with Gasteiger partial charge in [0.25, 0.3) is 0 Å². The van der Waals surface area contributed by atoms with E-state index in [1.807, 2.05) is 6.92 Å². The van der Waals surface area contributed by atoms with E-state index in [1.165, 1.54) is 0 Å². The lowest BCUT2D eigenvalue weighted by molar-refractivity contribution is -0.135. The predicted octanol–water partition coefficient (Wildman–Crippen LogP) is -0.315. The quantitative estimate of drug-likeness (QED) is 0.632. The van der Waals surface area contributed by atoms with Gasteiger partial charge in [0.05, 0.1) is 18.2 Å². The number of carbonyl (C=O) groups excluding carboxylic acids is 1. The molecule has 17 heavy (non-hydrogen) atoms. The molecule has 1 aliphatic rings. The molecule has 1 saturated heterocycles. The van der Waals surface area contributed by atoms with Gasteiger partial charge in [-0.1, -0.05) is 13.3 Å². The molecule has 1 fully saturated rings. The van der Waals surface area contributed by atoms with Gasteiger partial charge in [-0.2, -0.15) is 0 Å². The number of hydrogen-bond donors (Lipinski definition) is 3. The number of amides is 1. The first-order chi connectivity index (χ1) is 8.07. The minimum atomic E-state index is -0.500. The molecule has 100 valence electrons. The van der Waals surface area contributed by atoms with Gasteiger partial charge in [-0.25, -0.2) is 0 Å². The van der Waals surface area contributed by atoms with Crippen LogP contribution < -0.4 is 11.1 Å². The highest BCUT2D eigenvalue weighted by atomic mass is 16.3. The van der Waals surface area contributed by atoms with Crippen LogP contribution in [-0.2, 0) is 4.79 Å². The molecule has 0 aromatic rings. The van der Waals surface area contributed by atoms with Crippen molar-refractivity contribution >= 4 is 5.91 Å². The Morgan fingerprint density at radius 3 is 3.00 bits per heavy atom. The van der Waals surface area contributed by atoms with Gasteiger partial charge in [-0.15, -0.1) is 0 Å². The lowest BCUT2D eigenvalue weighted by atomic mass is 10.0. The number of β-amino-alcohol motifs (C(OH)–C–C–N with tert-alkyl or cyclic N) is 1. The van der Waals surface area contributed by atoms with Crippen LogP contribution in [0.3, 0.4) is 0 Å². The van der Waals surface area contributed by atoms with Crippen LogP contribution >= 0.6 is 0 Å². The van der Waals surface area contributed by atoms with Crippen LogP contribution in [0.2, 0.25) is 0 Å². The molecule has 0 saturated carbocycles. The monoisotopic (exact) mass is 243 g/mol. The summed E-state index contributed by atoms with van der Waals surface area (Å²) in [5.41, 5.74) is 5.83. The second-order valence-electron chi connectivity index (χ2n) is 4.83. The van der Waals surface area contributed by atoms with Crippen molar-refractivity contribution in [1.29, 1.82) is 0 Å². The van der Waals surface area contributed by atoms with Gasteiger partial charge >= 0.3 is 0 Å². The smallest absolute Gasteiger partial charge is 0.239 e. The van der Waals surface area contributed by atoms with Crippen molar-refractivity contribution in [2.75, 3.05) is 20.1 Å². The summed E-state index contributed by atoms with van der Waals surface area (Å²) >= 11 is 0. The number of hydrogen-bond acceptors (Lipinski definition) is 4. The van der Waals surface area contributed by atoms with Crippen molar-refractivity contribution in [3.63, 3.8) is 0 Å². The molecule has 1 rings (SSSR count). The van der Waals surface area contributed by atoms with E-state index in [0.717, 1.165) is 25.8 Å². The lowest BCUT2D eigenvalue weighted by Gasteiger charge is -2.32. The third-order valence-corrected chi connectivity index (χ3v) is 3.41. The minimum Gasteiger partial charge on any atom is -0.390 e. The Hall–Kier alpha value is -0.650. The fourth-order valence-corrected chi connectivity index (χ4v) is 2.33. The third-order valence-electron chi connectivity index (χ3n) is 3.41. The van der Waals surface area contributed by atoms with Gasteiger partial charge in [0.1, 0.15) is 0 Å². The number of nitrogens with one attached hydrogen (secondary N) is 1. The van der Waals surface area contributed by atoms with Crippen molar-refractivity contribution in [3.05, 3.63) is 0 Å². The highest BCUT2D eigenvalue weighted by Crippen LogP contribution is 2.14. The van der Waals surface area contributed by atoms with Crippen molar-refractivity contribution in [1.82, 2.24) is 10.2 Å². The van der Waals surface area contributed by atoms with Crippen molar-refractivity contribution in [3.8, 4) is 0 Å². The maximum Gasteiger partial charge on any atom is 0.239 e. The zero-order valence-electron chi connectivity index (χ0n) is 10.9. The van der Waals surface area contributed by atoms with Crippen molar-refractivity contribution in [2.24, 2.45) is 5.73 Å². The highest BCUT2D eigenvalue weighted by molar-refractivity contribution is 5.81. The van der Waals surface area contributed by atoms with Crippen LogP contribution in [0.5, 0.6) is 0 Å². The minimum absolute atomic E-state index is 0.0576. The first kappa shape index (κ1) is 14.4. The summed E-state index contributed by atoms with van der Waals surface area (Å²) in [5.74, 6) is -0.0576. The average molecular weight is 243 g/mol. The normalized spacial score (nSPS) is 27.3. The second kappa shape index (κ2) is 6.93. The summed E-state index contributed by atoms with van der Waals surface area (Å²) in [7, 11) is 1.75. The van der Waals surface area contributed by atoms with Crippen LogP contribution in [0.1, 0.15) is 32.6 Å². The first-order valence-corrected chi connectivity index (χ1v) is 6.49. The predicted molar refractivity (Wildman–Crippen MR) is 67.6 cm³/mol. The molecule has 0 spiro atoms. The molecule has 1 amide bonds. The molecule has 0 aromatic carbocycles. The van der Waals surface area contributed by atoms with E-state index in [9.17, 15) is 9.90 Å². The van der Waals surface area contributed by atoms with Crippen LogP contribution in [-0.4, -0.2) is 54.2 Å². The van der Waals surface area contributed by atoms with E-state index in [-0.39, 0.29) is 11.9 Å². The Bertz CT molecular complexity index is 248. The molecule has 1 aliphatic heterocycles. The Morgan fingerprint density at radius 2 is 2.35 bits per heavy atom. The molecule has 4 N–H and O–H groups in total. The maximum atomic E-state index is 12.1. The Labute approximate surface area is 103 Å². The number of carbonyl (C=O) groups is 1. The van der Waals surface area contributed by atoms with E-state index in [2.05, 4.69) is 5.32 Å². The molecule has 0 aromatic heterocycles. The largest absolute Gasteiger partial charge is 0.390 e. The summed E-state index contributed by atoms with van der Waals surface area (Å²) in [5, 5.41) is 13.1. The molecule has 0 bridgehead atoms. The lowest BCUT2D eigenvalue weighted by Crippen LogP contribution is -2.51. The van der Waals surface area contributed by atoms with E-state index in [1.54, 1.807) is 11.9 Å². The Balaban J connectivity index is 2.59. The first-order valence-electron chi connectivity index (χ1n) is 6.49. The van der Waals surface area contributed by atoms with Crippen molar-refractivity contribution in [2.45, 2.75) is 50.8 Å². The zero-order valence-corrected chi connectivity index (χ0v) is 10.9. The number of nitrogens with two attached hydrogens (primary N) is 1. The van der Waals surface area contributed by atoms with Gasteiger partial charge in [0.2, 0.25) is 5.91 Å². The standard InChI is InChI=1S/C12H25N3O2/c1-3-5-9(13)12(17)15(2)10-6-4-7-14-8-11(10)16/h9-11,14,16H,3-8,13H2,1-2H3/t9-,10?,11?/m0/s1. The Morgan fingerprint density at radius 1 is 1.65 bits per heavy atom. The van der Waals surface area contributed by atoms with Crippen LogP contribution in [0.4, 0.5) is 0 Å². The number of likely N-dealkylation sites (N-methyl/N-ethyl adjacent to an activating group) is 1. The number of nitrogens with zero attached hydrogens (tertiary/aromatic N) is 1. The molecule has 1 heterocycles. The van der Waals surface area contributed by atoms with Gasteiger partial charge in [-0.3, -0.25) is 4.79 Å². The molecule has 3 atom stereocenters. The molecule has 0 radical (unpaired) electrons. The highest BCUT2D eigenvalue weighted by Gasteiger charge is 2.30. The van der Waals surface area contributed by atoms with Gasteiger partial charge in [-0.05, 0) is 25.8 Å². The fraction of sp³-hybridized carbons (Fsp3) is 0.917. The van der Waals surface area contributed by atoms with E-state index in [4.69, 9.17) is 5.73 Å². The van der Waals surface area contributed by atoms with Crippen molar-refractivity contribution < 1.29 is 9.90 Å². The topological polar surface area (TPSA) is 78.6 Å². The van der Waals surface area contributed by atoms with E-state index >= 15 is 0 Å². The van der Waals surface area contributed by atoms with Crippen LogP contribution in [0.25, 0.3) is 0 Å². The molecular formula is C12H25N3O2. The van der Waals surface area contributed by atoms with Crippen LogP contribution in [0.15, 0.2) is 0 Å². The Kier molecular flexibility index (Phi) is 5.88. The number of rotatable bonds is 4.